The van der Waals surface area contributed by atoms with E-state index in [1.165, 1.54) is 0 Å². The summed E-state index contributed by atoms with van der Waals surface area (Å²) in [5.74, 6) is -0.554. The number of piperidine rings is 1. The Morgan fingerprint density at radius 1 is 1.32 bits per heavy atom. The molecule has 8 nitrogen and oxygen atoms in total. The van der Waals surface area contributed by atoms with Crippen LogP contribution in [-0.4, -0.2) is 63.6 Å². The number of amides is 2. The molecule has 19 heavy (non-hydrogen) atoms. The molecule has 1 fully saturated rings. The van der Waals surface area contributed by atoms with Gasteiger partial charge in [-0.1, -0.05) is 0 Å². The van der Waals surface area contributed by atoms with Crippen molar-refractivity contribution in [2.24, 2.45) is 5.73 Å². The van der Waals surface area contributed by atoms with Crippen molar-refractivity contribution in [2.75, 3.05) is 32.4 Å². The van der Waals surface area contributed by atoms with Crippen LogP contribution < -0.4 is 15.8 Å². The zero-order chi connectivity index (χ0) is 14.5. The van der Waals surface area contributed by atoms with Crippen LogP contribution in [0.4, 0.5) is 0 Å². The summed E-state index contributed by atoms with van der Waals surface area (Å²) < 4.78 is 24.7. The maximum Gasteiger partial charge on any atom is 0.241 e. The van der Waals surface area contributed by atoms with Gasteiger partial charge >= 0.3 is 0 Å². The van der Waals surface area contributed by atoms with Crippen molar-refractivity contribution in [2.45, 2.75) is 18.9 Å². The molecule has 1 aliphatic rings. The van der Waals surface area contributed by atoms with Crippen molar-refractivity contribution in [1.29, 1.82) is 0 Å². The summed E-state index contributed by atoms with van der Waals surface area (Å²) in [5.41, 5.74) is 5.11. The lowest BCUT2D eigenvalue weighted by molar-refractivity contribution is -0.133. The van der Waals surface area contributed by atoms with E-state index in [1.807, 2.05) is 0 Å². The highest BCUT2D eigenvalue weighted by atomic mass is 32.2. The summed E-state index contributed by atoms with van der Waals surface area (Å²) in [6, 6.07) is -0.127. The van der Waals surface area contributed by atoms with Crippen molar-refractivity contribution in [3.63, 3.8) is 0 Å². The second kappa shape index (κ2) is 6.83. The van der Waals surface area contributed by atoms with Gasteiger partial charge in [0.05, 0.1) is 19.3 Å². The molecule has 110 valence electrons. The molecular weight excluding hydrogens is 272 g/mol. The maximum absolute atomic E-state index is 11.7. The number of rotatable bonds is 5. The molecule has 4 N–H and O–H groups in total. The van der Waals surface area contributed by atoms with Crippen LogP contribution in [-0.2, 0) is 19.6 Å². The number of carbonyl (C=O) groups is 2. The Morgan fingerprint density at radius 2 is 1.89 bits per heavy atom. The van der Waals surface area contributed by atoms with Gasteiger partial charge in [-0.3, -0.25) is 9.59 Å². The molecule has 1 rings (SSSR count). The average molecular weight is 292 g/mol. The van der Waals surface area contributed by atoms with E-state index in [0.29, 0.717) is 25.9 Å². The molecular formula is C10H20N4O4S. The van der Waals surface area contributed by atoms with Crippen molar-refractivity contribution in [3.05, 3.63) is 0 Å². The zero-order valence-corrected chi connectivity index (χ0v) is 11.7. The van der Waals surface area contributed by atoms with Gasteiger partial charge in [-0.05, 0) is 12.8 Å². The third-order valence-electron chi connectivity index (χ3n) is 2.85. The van der Waals surface area contributed by atoms with Gasteiger partial charge in [0.2, 0.25) is 21.8 Å². The molecule has 0 bridgehead atoms. The first kappa shape index (κ1) is 15.9. The van der Waals surface area contributed by atoms with Gasteiger partial charge < -0.3 is 16.0 Å². The molecule has 1 aliphatic heterocycles. The van der Waals surface area contributed by atoms with E-state index in [-0.39, 0.29) is 30.9 Å². The number of hydrogen-bond donors (Lipinski definition) is 3. The van der Waals surface area contributed by atoms with Gasteiger partial charge in [0.1, 0.15) is 0 Å². The first-order chi connectivity index (χ1) is 8.81. The monoisotopic (exact) mass is 292 g/mol. The molecule has 1 saturated heterocycles. The van der Waals surface area contributed by atoms with Crippen LogP contribution in [0.15, 0.2) is 0 Å². The molecule has 0 aromatic heterocycles. The van der Waals surface area contributed by atoms with Crippen molar-refractivity contribution >= 4 is 21.8 Å². The highest BCUT2D eigenvalue weighted by molar-refractivity contribution is 7.88. The van der Waals surface area contributed by atoms with E-state index in [2.05, 4.69) is 10.0 Å². The topological polar surface area (TPSA) is 122 Å². The lowest BCUT2D eigenvalue weighted by Gasteiger charge is -2.32. The van der Waals surface area contributed by atoms with Crippen LogP contribution >= 0.6 is 0 Å². The molecule has 0 atom stereocenters. The predicted octanol–water partition coefficient (Wildman–Crippen LogP) is -2.40. The number of likely N-dealkylation sites (tertiary alicyclic amines) is 1. The van der Waals surface area contributed by atoms with Gasteiger partial charge in [-0.25, -0.2) is 13.1 Å². The maximum atomic E-state index is 11.7. The van der Waals surface area contributed by atoms with E-state index in [1.54, 1.807) is 4.90 Å². The number of nitrogens with one attached hydrogen (secondary N) is 2. The van der Waals surface area contributed by atoms with Crippen molar-refractivity contribution in [1.82, 2.24) is 14.9 Å². The molecule has 0 aliphatic carbocycles. The van der Waals surface area contributed by atoms with Crippen LogP contribution in [0.25, 0.3) is 0 Å². The Bertz CT molecular complexity index is 429. The number of hydrogen-bond acceptors (Lipinski definition) is 5. The molecule has 0 aromatic rings. The van der Waals surface area contributed by atoms with Crippen LogP contribution in [0.3, 0.4) is 0 Å². The fourth-order valence-electron chi connectivity index (χ4n) is 1.91. The third-order valence-corrected chi connectivity index (χ3v) is 3.61. The van der Waals surface area contributed by atoms with Gasteiger partial charge in [0.15, 0.2) is 0 Å². The quantitative estimate of drug-likeness (QED) is 0.521. The third kappa shape index (κ3) is 5.99. The summed E-state index contributed by atoms with van der Waals surface area (Å²) in [6.45, 7) is 0.739. The molecule has 2 amide bonds. The first-order valence-electron chi connectivity index (χ1n) is 6.03. The SMILES string of the molecule is CS(=O)(=O)NC1CCN(C(=O)CNC(=O)CN)CC1. The predicted molar refractivity (Wildman–Crippen MR) is 69.6 cm³/mol. The lowest BCUT2D eigenvalue weighted by Crippen LogP contribution is -2.49. The number of sulfonamides is 1. The van der Waals surface area contributed by atoms with Gasteiger partial charge in [0, 0.05) is 19.1 Å². The smallest absolute Gasteiger partial charge is 0.241 e. The van der Waals surface area contributed by atoms with E-state index in [0.717, 1.165) is 6.26 Å². The van der Waals surface area contributed by atoms with E-state index in [4.69, 9.17) is 5.73 Å². The van der Waals surface area contributed by atoms with Crippen LogP contribution in [0.1, 0.15) is 12.8 Å². The normalized spacial score (nSPS) is 17.3. The second-order valence-corrected chi connectivity index (χ2v) is 6.31. The number of carbonyl (C=O) groups excluding carboxylic acids is 2. The van der Waals surface area contributed by atoms with Crippen LogP contribution in [0.2, 0.25) is 0 Å². The number of nitrogens with two attached hydrogens (primary N) is 1. The summed E-state index contributed by atoms with van der Waals surface area (Å²) >= 11 is 0. The van der Waals surface area contributed by atoms with Crippen molar-refractivity contribution < 1.29 is 18.0 Å². The van der Waals surface area contributed by atoms with E-state index >= 15 is 0 Å². The minimum absolute atomic E-state index is 0.0692. The minimum Gasteiger partial charge on any atom is -0.346 e. The molecule has 0 spiro atoms. The van der Waals surface area contributed by atoms with E-state index in [9.17, 15) is 18.0 Å². The number of nitrogens with zero attached hydrogens (tertiary/aromatic N) is 1. The molecule has 1 heterocycles. The lowest BCUT2D eigenvalue weighted by atomic mass is 10.1. The molecule has 9 heteroatoms. The molecule has 0 unspecified atom stereocenters. The van der Waals surface area contributed by atoms with Crippen LogP contribution in [0, 0.1) is 0 Å². The Labute approximate surface area is 112 Å². The summed E-state index contributed by atoms with van der Waals surface area (Å²) in [5, 5.41) is 2.41. The summed E-state index contributed by atoms with van der Waals surface area (Å²) in [4.78, 5) is 24.3. The zero-order valence-electron chi connectivity index (χ0n) is 10.9. The first-order valence-corrected chi connectivity index (χ1v) is 7.93. The Balaban J connectivity index is 2.33. The minimum atomic E-state index is -3.21. The largest absolute Gasteiger partial charge is 0.346 e. The van der Waals surface area contributed by atoms with Crippen LogP contribution in [0.5, 0.6) is 0 Å². The van der Waals surface area contributed by atoms with Gasteiger partial charge in [-0.2, -0.15) is 0 Å². The highest BCUT2D eigenvalue weighted by Crippen LogP contribution is 2.10. The summed E-state index contributed by atoms with van der Waals surface area (Å²) in [7, 11) is -3.21. The molecule has 0 radical (unpaired) electrons. The molecule has 0 saturated carbocycles. The Morgan fingerprint density at radius 3 is 2.37 bits per heavy atom. The highest BCUT2D eigenvalue weighted by Gasteiger charge is 2.24. The van der Waals surface area contributed by atoms with Gasteiger partial charge in [-0.15, -0.1) is 0 Å². The van der Waals surface area contributed by atoms with Gasteiger partial charge in [0.25, 0.3) is 0 Å². The fourth-order valence-corrected chi connectivity index (χ4v) is 2.75. The Kier molecular flexibility index (Phi) is 5.70. The summed E-state index contributed by atoms with van der Waals surface area (Å²) in [6.07, 6.45) is 2.26. The molecule has 0 aromatic carbocycles. The van der Waals surface area contributed by atoms with Crippen molar-refractivity contribution in [3.8, 4) is 0 Å². The average Bonchev–Trinajstić information content (AvgIpc) is 2.34. The second-order valence-electron chi connectivity index (χ2n) is 4.53. The fraction of sp³-hybridized carbons (Fsp3) is 0.800. The Hall–Kier alpha value is -1.19. The standard InChI is InChI=1S/C10H20N4O4S/c1-19(17,18)13-8-2-4-14(5-3-8)10(16)7-12-9(15)6-11/h8,13H,2-7,11H2,1H3,(H,12,15). The van der Waals surface area contributed by atoms with E-state index < -0.39 is 10.0 Å².